The van der Waals surface area contributed by atoms with E-state index in [9.17, 15) is 14.2 Å². The third kappa shape index (κ3) is 7.18. The molecule has 2 aliphatic rings. The molecule has 1 saturated heterocycles. The molecule has 0 radical (unpaired) electrons. The number of carbonyl (C=O) groups is 1. The fourth-order valence-electron chi connectivity index (χ4n) is 6.10. The number of anilines is 2. The van der Waals surface area contributed by atoms with Gasteiger partial charge in [0.25, 0.3) is 5.56 Å². The van der Waals surface area contributed by atoms with Crippen molar-refractivity contribution in [2.75, 3.05) is 23.4 Å². The van der Waals surface area contributed by atoms with Crippen molar-refractivity contribution in [1.29, 1.82) is 0 Å². The monoisotopic (exact) mass is 650 g/mol. The summed E-state index contributed by atoms with van der Waals surface area (Å²) in [6.45, 7) is 6.07. The van der Waals surface area contributed by atoms with E-state index in [1.54, 1.807) is 17.2 Å². The first-order valence-electron chi connectivity index (χ1n) is 15.4. The average Bonchev–Trinajstić information content (AvgIpc) is 3.68. The zero-order valence-corrected chi connectivity index (χ0v) is 27.0. The van der Waals surface area contributed by atoms with Crippen LogP contribution < -0.4 is 15.7 Å². The molecular formula is C32H39N6O7P. The number of ether oxygens (including phenoxy) is 3. The van der Waals surface area contributed by atoms with E-state index in [4.69, 9.17) is 18.7 Å². The molecule has 2 aromatic heterocycles. The molecule has 0 bridgehead atoms. The van der Waals surface area contributed by atoms with E-state index in [0.717, 1.165) is 6.42 Å². The Kier molecular flexibility index (Phi) is 9.28. The van der Waals surface area contributed by atoms with Gasteiger partial charge in [-0.15, -0.1) is 0 Å². The number of imidazole rings is 1. The van der Waals surface area contributed by atoms with Crippen LogP contribution in [-0.2, 0) is 34.6 Å². The summed E-state index contributed by atoms with van der Waals surface area (Å²) in [7, 11) is -3.65. The summed E-state index contributed by atoms with van der Waals surface area (Å²) in [6, 6.07) is 18.0. The molecule has 1 aliphatic carbocycles. The number of benzene rings is 2. The minimum atomic E-state index is -3.65. The Morgan fingerprint density at radius 2 is 1.63 bits per heavy atom. The number of para-hydroxylation sites is 2. The van der Waals surface area contributed by atoms with E-state index in [2.05, 4.69) is 20.1 Å². The molecule has 0 spiro atoms. The first-order chi connectivity index (χ1) is 22.1. The number of rotatable bonds is 13. The second-order valence-corrected chi connectivity index (χ2v) is 13.9. The number of esters is 1. The summed E-state index contributed by atoms with van der Waals surface area (Å²) in [5.74, 6) is -1.42. The average molecular weight is 651 g/mol. The largest absolute Gasteiger partial charge is 0.466 e. The quantitative estimate of drug-likeness (QED) is 0.109. The number of hydrogen-bond acceptors (Lipinski definition) is 9. The van der Waals surface area contributed by atoms with Gasteiger partial charge in [-0.1, -0.05) is 36.4 Å². The Balaban J connectivity index is 1.20. The second kappa shape index (κ2) is 13.4. The number of hydrogen-bond donors (Lipinski definition) is 2. The zero-order chi connectivity index (χ0) is 32.3. The lowest BCUT2D eigenvalue weighted by Gasteiger charge is -2.26. The van der Waals surface area contributed by atoms with Gasteiger partial charge in [0.2, 0.25) is 0 Å². The molecule has 1 aliphatic heterocycles. The first kappa shape index (κ1) is 31.9. The number of aryl methyl sites for hydroxylation is 1. The van der Waals surface area contributed by atoms with Gasteiger partial charge < -0.3 is 18.8 Å². The van der Waals surface area contributed by atoms with Crippen LogP contribution in [-0.4, -0.2) is 56.3 Å². The minimum absolute atomic E-state index is 0.0838. The predicted molar refractivity (Wildman–Crippen MR) is 172 cm³/mol. The number of fused-ring (bicyclic) bond motifs is 2. The molecule has 0 amide bonds. The van der Waals surface area contributed by atoms with Crippen LogP contribution >= 0.6 is 7.67 Å². The zero-order valence-electron chi connectivity index (χ0n) is 26.1. The fraction of sp³-hybridized carbons (Fsp3) is 0.438. The van der Waals surface area contributed by atoms with Crippen molar-refractivity contribution in [3.63, 3.8) is 0 Å². The number of nitrogens with zero attached hydrogens (tertiary/aromatic N) is 4. The molecule has 2 fully saturated rings. The topological polar surface area (TPSA) is 148 Å². The van der Waals surface area contributed by atoms with Gasteiger partial charge in [-0.05, 0) is 57.4 Å². The molecule has 6 rings (SSSR count). The molecule has 13 nitrogen and oxygen atoms in total. The van der Waals surface area contributed by atoms with Crippen molar-refractivity contribution in [1.82, 2.24) is 19.1 Å². The summed E-state index contributed by atoms with van der Waals surface area (Å²) in [5.41, 5.74) is 1.78. The van der Waals surface area contributed by atoms with E-state index >= 15 is 0 Å². The normalized spacial score (nSPS) is 22.1. The van der Waals surface area contributed by atoms with Crippen LogP contribution in [0.2, 0.25) is 0 Å². The molecule has 4 aromatic rings. The Bertz CT molecular complexity index is 1720. The minimum Gasteiger partial charge on any atom is -0.466 e. The van der Waals surface area contributed by atoms with Gasteiger partial charge in [0.1, 0.15) is 12.4 Å². The number of nitrogens with one attached hydrogen (secondary N) is 2. The van der Waals surface area contributed by atoms with E-state index < -0.39 is 31.7 Å². The van der Waals surface area contributed by atoms with E-state index in [-0.39, 0.29) is 29.6 Å². The molecule has 3 heterocycles. The predicted octanol–water partition coefficient (Wildman–Crippen LogP) is 5.37. The number of carbonyl (C=O) groups excluding carboxylic acids is 1. The van der Waals surface area contributed by atoms with Gasteiger partial charge in [0.05, 0.1) is 31.7 Å². The summed E-state index contributed by atoms with van der Waals surface area (Å²) >= 11 is 0. The van der Waals surface area contributed by atoms with Crippen LogP contribution in [0.3, 0.4) is 0 Å². The van der Waals surface area contributed by atoms with Crippen molar-refractivity contribution < 1.29 is 28.1 Å². The highest BCUT2D eigenvalue weighted by Crippen LogP contribution is 2.51. The van der Waals surface area contributed by atoms with Crippen molar-refractivity contribution in [2.24, 2.45) is 5.92 Å². The first-order valence-corrected chi connectivity index (χ1v) is 17.1. The maximum atomic E-state index is 14.2. The van der Waals surface area contributed by atoms with Gasteiger partial charge in [-0.3, -0.25) is 28.9 Å². The third-order valence-corrected chi connectivity index (χ3v) is 9.75. The van der Waals surface area contributed by atoms with E-state index in [1.165, 1.54) is 6.92 Å². The van der Waals surface area contributed by atoms with Crippen LogP contribution in [0.15, 0.2) is 78.1 Å². The Morgan fingerprint density at radius 3 is 2.28 bits per heavy atom. The molecule has 4 atom stereocenters. The Hall–Kier alpha value is -4.03. The van der Waals surface area contributed by atoms with Crippen LogP contribution in [0, 0.1) is 5.92 Å². The molecule has 14 heteroatoms. The van der Waals surface area contributed by atoms with Crippen LogP contribution in [0.1, 0.15) is 46.1 Å². The Morgan fingerprint density at radius 1 is 0.978 bits per heavy atom. The van der Waals surface area contributed by atoms with Gasteiger partial charge in [-0.25, -0.2) is 14.5 Å². The summed E-state index contributed by atoms with van der Waals surface area (Å²) in [5, 5.41) is 6.11. The van der Waals surface area contributed by atoms with Crippen molar-refractivity contribution in [2.45, 2.75) is 70.6 Å². The summed E-state index contributed by atoms with van der Waals surface area (Å²) < 4.78 is 41.5. The van der Waals surface area contributed by atoms with Crippen molar-refractivity contribution in [3.8, 4) is 0 Å². The third-order valence-electron chi connectivity index (χ3n) is 8.13. The number of unbranched alkanes of at least 4 members (excludes halogenated alkanes) is 1. The molecule has 2 N–H and O–H groups in total. The molecule has 244 valence electrons. The lowest BCUT2D eigenvalue weighted by atomic mass is 10.1. The standard InChI is InChI=1S/C32H39N6O7P/c1-22(39)42-17-11-10-16-37-20-33-27-30(37)34-21-38(31(27)40)26-18-23(28-29(26)45-32(2,3)44-28)19-43-46(41,35-24-12-6-4-7-13-24)36-25-14-8-5-9-15-25/h4-9,12-15,20-21,23,26,28-29H,10-11,16-19H2,1-3H3,(H2,35,36,41)/t23-,26-,28-,29+/m1/s1. The van der Waals surface area contributed by atoms with Gasteiger partial charge in [0, 0.05) is 30.8 Å². The highest BCUT2D eigenvalue weighted by atomic mass is 31.2. The number of aromatic nitrogens is 4. The SMILES string of the molecule is CC(=O)OCCCCn1cnc2c(=O)n([C@@H]3C[C@H](COP(=O)(Nc4ccccc4)Nc4ccccc4)[C@H]4OC(C)(C)O[C@H]43)cnc21. The molecule has 2 aromatic carbocycles. The highest BCUT2D eigenvalue weighted by molar-refractivity contribution is 7.62. The fourth-order valence-corrected chi connectivity index (χ4v) is 7.67. The molecule has 0 unspecified atom stereocenters. The smallest absolute Gasteiger partial charge is 0.391 e. The maximum absolute atomic E-state index is 14.2. The van der Waals surface area contributed by atoms with Gasteiger partial charge in [0.15, 0.2) is 17.0 Å². The Labute approximate surface area is 266 Å². The maximum Gasteiger partial charge on any atom is 0.391 e. The van der Waals surface area contributed by atoms with Crippen LogP contribution in [0.5, 0.6) is 0 Å². The van der Waals surface area contributed by atoms with Crippen molar-refractivity contribution >= 4 is 36.2 Å². The second-order valence-electron chi connectivity index (χ2n) is 12.0. The molecule has 46 heavy (non-hydrogen) atoms. The van der Waals surface area contributed by atoms with Crippen molar-refractivity contribution in [3.05, 3.63) is 83.7 Å². The van der Waals surface area contributed by atoms with Crippen LogP contribution in [0.4, 0.5) is 11.4 Å². The molecule has 1 saturated carbocycles. The van der Waals surface area contributed by atoms with E-state index in [1.807, 2.05) is 79.1 Å². The van der Waals surface area contributed by atoms with E-state index in [0.29, 0.717) is 43.0 Å². The van der Waals surface area contributed by atoms with Crippen LogP contribution in [0.25, 0.3) is 11.2 Å². The van der Waals surface area contributed by atoms with Gasteiger partial charge in [-0.2, -0.15) is 0 Å². The summed E-state index contributed by atoms with van der Waals surface area (Å²) in [4.78, 5) is 33.8. The highest BCUT2D eigenvalue weighted by Gasteiger charge is 2.55. The summed E-state index contributed by atoms with van der Waals surface area (Å²) in [6.07, 6.45) is 4.20. The molecular weight excluding hydrogens is 611 g/mol. The van der Waals surface area contributed by atoms with Gasteiger partial charge >= 0.3 is 13.6 Å². The lowest BCUT2D eigenvalue weighted by Crippen LogP contribution is -2.33. The lowest BCUT2D eigenvalue weighted by molar-refractivity contribution is -0.161.